The highest BCUT2D eigenvalue weighted by molar-refractivity contribution is 5.88. The summed E-state index contributed by atoms with van der Waals surface area (Å²) < 4.78 is 0. The summed E-state index contributed by atoms with van der Waals surface area (Å²) in [7, 11) is 0. The number of allylic oxidation sites excluding steroid dienone is 10. The third-order valence-electron chi connectivity index (χ3n) is 11.1. The molecule has 2 unspecified atom stereocenters. The first-order valence-electron chi connectivity index (χ1n) is 19.0. The fourth-order valence-electron chi connectivity index (χ4n) is 8.25. The Morgan fingerprint density at radius 3 is 1.85 bits per heavy atom. The van der Waals surface area contributed by atoms with E-state index in [-0.39, 0.29) is 6.04 Å². The standard InChI is InChI=1S/C52H43N/c1-4-12-38(13-5-1)41-26-30-48(31-27-41)53(49-32-28-42(29-33-49)39-14-6-2-7-15-39)50-34-35-51(52(37-50)44-17-8-3-9-18-44)45-23-20-43(21-24-45)47-25-22-40-16-10-11-19-46(40)36-47/h1-6,8-14,16-23,25-36,45,50H,7,15,24,37H2. The van der Waals surface area contributed by atoms with Gasteiger partial charge in [-0.05, 0) is 117 Å². The van der Waals surface area contributed by atoms with Crippen molar-refractivity contribution in [3.63, 3.8) is 0 Å². The van der Waals surface area contributed by atoms with Gasteiger partial charge in [0, 0.05) is 17.3 Å². The van der Waals surface area contributed by atoms with E-state index in [0.29, 0.717) is 5.92 Å². The molecule has 9 rings (SSSR count). The molecule has 1 heteroatoms. The quantitative estimate of drug-likeness (QED) is 0.155. The van der Waals surface area contributed by atoms with Crippen LogP contribution in [0, 0.1) is 5.92 Å². The molecular formula is C52H43N. The van der Waals surface area contributed by atoms with Crippen LogP contribution >= 0.6 is 0 Å². The molecule has 0 N–H and O–H groups in total. The second kappa shape index (κ2) is 14.8. The highest BCUT2D eigenvalue weighted by atomic mass is 15.2. The number of benzene rings is 6. The molecule has 256 valence electrons. The predicted octanol–water partition coefficient (Wildman–Crippen LogP) is 13.8. The Balaban J connectivity index is 1.05. The van der Waals surface area contributed by atoms with E-state index >= 15 is 0 Å². The van der Waals surface area contributed by atoms with E-state index in [2.05, 4.69) is 205 Å². The van der Waals surface area contributed by atoms with E-state index < -0.39 is 0 Å². The first-order valence-corrected chi connectivity index (χ1v) is 19.0. The van der Waals surface area contributed by atoms with Crippen LogP contribution < -0.4 is 4.90 Å². The number of anilines is 2. The zero-order valence-corrected chi connectivity index (χ0v) is 30.0. The zero-order valence-electron chi connectivity index (χ0n) is 30.0. The largest absolute Gasteiger partial charge is 0.334 e. The highest BCUT2D eigenvalue weighted by Gasteiger charge is 2.28. The molecule has 6 aromatic rings. The van der Waals surface area contributed by atoms with Crippen LogP contribution in [0.1, 0.15) is 42.4 Å². The predicted molar refractivity (Wildman–Crippen MR) is 227 cm³/mol. The van der Waals surface area contributed by atoms with Gasteiger partial charge in [-0.25, -0.2) is 0 Å². The molecule has 0 radical (unpaired) electrons. The number of rotatable bonds is 8. The van der Waals surface area contributed by atoms with E-state index in [1.54, 1.807) is 0 Å². The number of fused-ring (bicyclic) bond motifs is 1. The molecule has 0 aromatic heterocycles. The van der Waals surface area contributed by atoms with Crippen molar-refractivity contribution in [3.05, 3.63) is 223 Å². The van der Waals surface area contributed by atoms with Gasteiger partial charge in [0.25, 0.3) is 0 Å². The normalized spacial score (nSPS) is 18.2. The summed E-state index contributed by atoms with van der Waals surface area (Å²) in [6.07, 6.45) is 22.9. The van der Waals surface area contributed by atoms with E-state index in [1.807, 2.05) is 0 Å². The first kappa shape index (κ1) is 32.7. The Kier molecular flexibility index (Phi) is 9.14. The molecule has 1 nitrogen and oxygen atoms in total. The van der Waals surface area contributed by atoms with Crippen LogP contribution in [-0.4, -0.2) is 6.04 Å². The zero-order chi connectivity index (χ0) is 35.4. The van der Waals surface area contributed by atoms with Gasteiger partial charge in [-0.1, -0.05) is 170 Å². The molecule has 3 aliphatic rings. The third-order valence-corrected chi connectivity index (χ3v) is 11.1. The van der Waals surface area contributed by atoms with Crippen molar-refractivity contribution in [1.29, 1.82) is 0 Å². The van der Waals surface area contributed by atoms with Crippen molar-refractivity contribution in [2.45, 2.75) is 31.7 Å². The van der Waals surface area contributed by atoms with Crippen LogP contribution in [0.3, 0.4) is 0 Å². The number of nitrogens with zero attached hydrogens (tertiary/aromatic N) is 1. The van der Waals surface area contributed by atoms with Crippen LogP contribution in [0.4, 0.5) is 11.4 Å². The van der Waals surface area contributed by atoms with Crippen molar-refractivity contribution in [3.8, 4) is 11.1 Å². The van der Waals surface area contributed by atoms with Crippen molar-refractivity contribution in [2.24, 2.45) is 5.92 Å². The maximum atomic E-state index is 2.54. The van der Waals surface area contributed by atoms with Crippen molar-refractivity contribution < 1.29 is 0 Å². The molecule has 2 atom stereocenters. The minimum Gasteiger partial charge on any atom is -0.334 e. The summed E-state index contributed by atoms with van der Waals surface area (Å²) in [4.78, 5) is 2.54. The van der Waals surface area contributed by atoms with Crippen molar-refractivity contribution in [1.82, 2.24) is 0 Å². The maximum absolute atomic E-state index is 2.54. The Hall–Kier alpha value is -6.18. The third kappa shape index (κ3) is 6.91. The minimum absolute atomic E-state index is 0.149. The van der Waals surface area contributed by atoms with Crippen molar-refractivity contribution >= 4 is 38.9 Å². The van der Waals surface area contributed by atoms with Gasteiger partial charge >= 0.3 is 0 Å². The van der Waals surface area contributed by atoms with Crippen LogP contribution in [0.25, 0.3) is 38.6 Å². The smallest absolute Gasteiger partial charge is 0.0566 e. The Bertz CT molecular complexity index is 2420. The minimum atomic E-state index is 0.149. The SMILES string of the molecule is C1=CCCC(c2ccc(N(c3ccc(-c4ccccc4)cc3)C3C=CC(C4C=CC(c5ccc6ccccc6c5)=CC4)=C(c4ccccc4)C3)cc2)=C1. The lowest BCUT2D eigenvalue weighted by Crippen LogP contribution is -2.31. The van der Waals surface area contributed by atoms with Gasteiger partial charge in [-0.2, -0.15) is 0 Å². The summed E-state index contributed by atoms with van der Waals surface area (Å²) in [6.45, 7) is 0. The van der Waals surface area contributed by atoms with Crippen molar-refractivity contribution in [2.75, 3.05) is 4.90 Å². The van der Waals surface area contributed by atoms with E-state index in [4.69, 9.17) is 0 Å². The summed E-state index contributed by atoms with van der Waals surface area (Å²) >= 11 is 0. The second-order valence-electron chi connectivity index (χ2n) is 14.3. The van der Waals surface area contributed by atoms with Crippen LogP contribution in [0.15, 0.2) is 206 Å². The Morgan fingerprint density at radius 1 is 0.528 bits per heavy atom. The molecule has 53 heavy (non-hydrogen) atoms. The van der Waals surface area contributed by atoms with Gasteiger partial charge in [-0.3, -0.25) is 0 Å². The molecule has 0 spiro atoms. The van der Waals surface area contributed by atoms with Gasteiger partial charge in [0.1, 0.15) is 0 Å². The monoisotopic (exact) mass is 681 g/mol. The Labute approximate surface area is 314 Å². The Morgan fingerprint density at radius 2 is 1.17 bits per heavy atom. The van der Waals surface area contributed by atoms with Crippen LogP contribution in [0.5, 0.6) is 0 Å². The second-order valence-corrected chi connectivity index (χ2v) is 14.3. The molecule has 0 bridgehead atoms. The van der Waals surface area contributed by atoms with Crippen LogP contribution in [0.2, 0.25) is 0 Å². The average Bonchev–Trinajstić information content (AvgIpc) is 3.25. The average molecular weight is 682 g/mol. The fraction of sp³-hybridized carbons (Fsp3) is 0.115. The lowest BCUT2D eigenvalue weighted by Gasteiger charge is -2.36. The van der Waals surface area contributed by atoms with Gasteiger partial charge < -0.3 is 4.90 Å². The molecule has 0 amide bonds. The van der Waals surface area contributed by atoms with E-state index in [9.17, 15) is 0 Å². The maximum Gasteiger partial charge on any atom is 0.0566 e. The molecule has 0 saturated carbocycles. The van der Waals surface area contributed by atoms with Crippen LogP contribution in [-0.2, 0) is 0 Å². The van der Waals surface area contributed by atoms with Gasteiger partial charge in [0.05, 0.1) is 6.04 Å². The first-order chi connectivity index (χ1) is 26.3. The van der Waals surface area contributed by atoms with E-state index in [1.165, 1.54) is 72.3 Å². The molecule has 6 aromatic carbocycles. The van der Waals surface area contributed by atoms with Gasteiger partial charge in [0.15, 0.2) is 0 Å². The topological polar surface area (TPSA) is 3.24 Å². The van der Waals surface area contributed by atoms with E-state index in [0.717, 1.165) is 25.7 Å². The molecule has 0 aliphatic heterocycles. The summed E-state index contributed by atoms with van der Waals surface area (Å²) in [5.41, 5.74) is 14.3. The number of hydrogen-bond donors (Lipinski definition) is 0. The van der Waals surface area contributed by atoms with Gasteiger partial charge in [-0.15, -0.1) is 0 Å². The summed E-state index contributed by atoms with van der Waals surface area (Å²) in [6, 6.07) is 55.7. The lowest BCUT2D eigenvalue weighted by atomic mass is 9.79. The fourth-order valence-corrected chi connectivity index (χ4v) is 8.25. The molecule has 0 heterocycles. The highest BCUT2D eigenvalue weighted by Crippen LogP contribution is 2.42. The number of hydrogen-bond acceptors (Lipinski definition) is 1. The summed E-state index contributed by atoms with van der Waals surface area (Å²) in [5.74, 6) is 0.322. The molecular weight excluding hydrogens is 639 g/mol. The van der Waals surface area contributed by atoms with Gasteiger partial charge in [0.2, 0.25) is 0 Å². The molecule has 0 saturated heterocycles. The summed E-state index contributed by atoms with van der Waals surface area (Å²) in [5, 5.41) is 2.57. The molecule has 0 fully saturated rings. The molecule has 3 aliphatic carbocycles. The lowest BCUT2D eigenvalue weighted by molar-refractivity contribution is 0.743.